The lowest BCUT2D eigenvalue weighted by Gasteiger charge is -2.30. The van der Waals surface area contributed by atoms with Crippen LogP contribution < -0.4 is 15.5 Å². The van der Waals surface area contributed by atoms with Crippen LogP contribution in [0.3, 0.4) is 0 Å². The number of aryl methyl sites for hydroxylation is 3. The minimum atomic E-state index is -1.21. The number of hydrogen-bond donors (Lipinski definition) is 2. The van der Waals surface area contributed by atoms with Crippen LogP contribution in [-0.4, -0.2) is 51.7 Å². The number of anilines is 1. The van der Waals surface area contributed by atoms with Crippen molar-refractivity contribution in [3.8, 4) is 0 Å². The van der Waals surface area contributed by atoms with Gasteiger partial charge < -0.3 is 10.6 Å². The van der Waals surface area contributed by atoms with Gasteiger partial charge in [-0.05, 0) is 93.9 Å². The zero-order chi connectivity index (χ0) is 28.1. The van der Waals surface area contributed by atoms with Crippen LogP contribution in [0.5, 0.6) is 0 Å². The van der Waals surface area contributed by atoms with Gasteiger partial charge in [-0.2, -0.15) is 0 Å². The third-order valence-corrected chi connectivity index (χ3v) is 10.0. The van der Waals surface area contributed by atoms with Crippen molar-refractivity contribution in [3.05, 3.63) is 40.1 Å². The summed E-state index contributed by atoms with van der Waals surface area (Å²) in [5.74, 6) is 1.45. The Labute approximate surface area is 235 Å². The molecule has 1 unspecified atom stereocenters. The SMILES string of the molecule is C/C1=C(/C2CCC(C)CC2)NC(=O)CCN(S(=O)CCc2cc(C)c(N3C(=O)CNC3=O)cc2C)CCCC1. The van der Waals surface area contributed by atoms with Crippen molar-refractivity contribution in [2.75, 3.05) is 30.3 Å². The van der Waals surface area contributed by atoms with E-state index in [0.717, 1.165) is 60.4 Å². The summed E-state index contributed by atoms with van der Waals surface area (Å²) in [7, 11) is -1.21. The van der Waals surface area contributed by atoms with E-state index in [-0.39, 0.29) is 18.4 Å². The molecular weight excluding hydrogens is 512 g/mol. The second-order valence-corrected chi connectivity index (χ2v) is 13.1. The van der Waals surface area contributed by atoms with Crippen LogP contribution in [0.25, 0.3) is 0 Å². The van der Waals surface area contributed by atoms with E-state index in [0.29, 0.717) is 43.3 Å². The van der Waals surface area contributed by atoms with E-state index in [1.807, 2.05) is 30.3 Å². The number of imide groups is 1. The fraction of sp³-hybridized carbons (Fsp3) is 0.633. The molecule has 9 heteroatoms. The van der Waals surface area contributed by atoms with Crippen LogP contribution in [-0.2, 0) is 27.0 Å². The van der Waals surface area contributed by atoms with E-state index in [4.69, 9.17) is 0 Å². The van der Waals surface area contributed by atoms with Gasteiger partial charge in [-0.1, -0.05) is 31.4 Å². The topological polar surface area (TPSA) is 98.8 Å². The second-order valence-electron chi connectivity index (χ2n) is 11.6. The lowest BCUT2D eigenvalue weighted by atomic mass is 9.80. The highest BCUT2D eigenvalue weighted by atomic mass is 32.2. The Morgan fingerprint density at radius 3 is 2.38 bits per heavy atom. The third-order valence-electron chi connectivity index (χ3n) is 8.53. The van der Waals surface area contributed by atoms with Crippen molar-refractivity contribution in [2.45, 2.75) is 85.5 Å². The first kappa shape index (κ1) is 29.5. The van der Waals surface area contributed by atoms with Crippen molar-refractivity contribution in [1.29, 1.82) is 0 Å². The van der Waals surface area contributed by atoms with Gasteiger partial charge in [-0.3, -0.25) is 9.59 Å². The quantitative estimate of drug-likeness (QED) is 0.498. The molecule has 4 rings (SSSR count). The summed E-state index contributed by atoms with van der Waals surface area (Å²) in [6.07, 6.45) is 8.62. The molecule has 3 aliphatic rings. The maximum atomic E-state index is 13.4. The maximum Gasteiger partial charge on any atom is 0.329 e. The summed E-state index contributed by atoms with van der Waals surface area (Å²) >= 11 is 0. The number of carbonyl (C=O) groups is 3. The molecule has 0 radical (unpaired) electrons. The zero-order valence-electron chi connectivity index (χ0n) is 23.9. The number of nitrogens with one attached hydrogen (secondary N) is 2. The van der Waals surface area contributed by atoms with Crippen LogP contribution in [0.4, 0.5) is 10.5 Å². The zero-order valence-corrected chi connectivity index (χ0v) is 24.8. The van der Waals surface area contributed by atoms with Gasteiger partial charge in [0.15, 0.2) is 0 Å². The number of urea groups is 1. The molecule has 2 heterocycles. The van der Waals surface area contributed by atoms with E-state index in [1.165, 1.54) is 23.3 Å². The van der Waals surface area contributed by atoms with Crippen LogP contribution >= 0.6 is 0 Å². The Morgan fingerprint density at radius 2 is 1.69 bits per heavy atom. The molecule has 214 valence electrons. The second kappa shape index (κ2) is 13.2. The van der Waals surface area contributed by atoms with Crippen molar-refractivity contribution in [1.82, 2.24) is 14.9 Å². The summed E-state index contributed by atoms with van der Waals surface area (Å²) in [6, 6.07) is 3.46. The van der Waals surface area contributed by atoms with Crippen LogP contribution in [0.15, 0.2) is 23.4 Å². The molecule has 8 nitrogen and oxygen atoms in total. The number of amides is 4. The Hall–Kier alpha value is -2.52. The molecule has 1 saturated heterocycles. The number of benzene rings is 1. The van der Waals surface area contributed by atoms with E-state index >= 15 is 0 Å². The highest BCUT2D eigenvalue weighted by Crippen LogP contribution is 2.34. The van der Waals surface area contributed by atoms with Crippen LogP contribution in [0, 0.1) is 25.7 Å². The standard InChI is InChI=1S/C30H44N4O4S/c1-20-8-10-24(11-9-20)29-21(2)7-5-6-14-33(15-12-27(35)32-29)39(38)16-13-25-17-23(4)26(18-22(25)3)34-28(36)19-31-30(34)37/h17-18,20,24H,5-16,19H2,1-4H3,(H,31,37)(H,32,35)/b29-21+. The van der Waals surface area contributed by atoms with Gasteiger partial charge in [-0.15, -0.1) is 0 Å². The molecule has 1 aliphatic carbocycles. The third kappa shape index (κ3) is 7.37. The fourth-order valence-corrected chi connectivity index (χ4v) is 7.32. The molecule has 4 amide bonds. The number of carbonyl (C=O) groups excluding carboxylic acids is 3. The minimum Gasteiger partial charge on any atom is -0.330 e. The fourth-order valence-electron chi connectivity index (χ4n) is 6.04. The molecule has 1 saturated carbocycles. The molecule has 1 aromatic carbocycles. The van der Waals surface area contributed by atoms with Gasteiger partial charge in [0.25, 0.3) is 5.91 Å². The summed E-state index contributed by atoms with van der Waals surface area (Å²) in [6.45, 7) is 9.54. The summed E-state index contributed by atoms with van der Waals surface area (Å²) in [5, 5.41) is 5.84. The Kier molecular flexibility index (Phi) is 9.99. The Bertz CT molecular complexity index is 1140. The Balaban J connectivity index is 1.36. The average molecular weight is 557 g/mol. The average Bonchev–Trinajstić information content (AvgIpc) is 3.23. The molecule has 39 heavy (non-hydrogen) atoms. The number of nitrogens with zero attached hydrogens (tertiary/aromatic N) is 2. The minimum absolute atomic E-state index is 0.0166. The van der Waals surface area contributed by atoms with Crippen molar-refractivity contribution < 1.29 is 18.6 Å². The van der Waals surface area contributed by atoms with Gasteiger partial charge in [0.2, 0.25) is 5.91 Å². The van der Waals surface area contributed by atoms with Gasteiger partial charge in [-0.25, -0.2) is 18.2 Å². The molecule has 0 bridgehead atoms. The van der Waals surface area contributed by atoms with E-state index < -0.39 is 17.0 Å². The molecule has 2 N–H and O–H groups in total. The van der Waals surface area contributed by atoms with Crippen LogP contribution in [0.2, 0.25) is 0 Å². The van der Waals surface area contributed by atoms with Gasteiger partial charge >= 0.3 is 6.03 Å². The lowest BCUT2D eigenvalue weighted by molar-refractivity contribution is -0.120. The van der Waals surface area contributed by atoms with Crippen LogP contribution in [0.1, 0.15) is 81.9 Å². The first-order chi connectivity index (χ1) is 18.6. The largest absolute Gasteiger partial charge is 0.330 e. The first-order valence-electron chi connectivity index (χ1n) is 14.5. The molecule has 0 spiro atoms. The monoisotopic (exact) mass is 556 g/mol. The molecule has 1 aromatic rings. The molecule has 2 aliphatic heterocycles. The smallest absolute Gasteiger partial charge is 0.329 e. The molecule has 2 fully saturated rings. The van der Waals surface area contributed by atoms with Crippen molar-refractivity contribution >= 4 is 34.5 Å². The van der Waals surface area contributed by atoms with Gasteiger partial charge in [0.1, 0.15) is 0 Å². The predicted molar refractivity (Wildman–Crippen MR) is 156 cm³/mol. The van der Waals surface area contributed by atoms with Crippen molar-refractivity contribution in [3.63, 3.8) is 0 Å². The first-order valence-corrected chi connectivity index (χ1v) is 15.8. The highest BCUT2D eigenvalue weighted by molar-refractivity contribution is 7.82. The molecular formula is C30H44N4O4S. The highest BCUT2D eigenvalue weighted by Gasteiger charge is 2.31. The van der Waals surface area contributed by atoms with E-state index in [9.17, 15) is 18.6 Å². The number of rotatable bonds is 6. The predicted octanol–water partition coefficient (Wildman–Crippen LogP) is 4.66. The lowest BCUT2D eigenvalue weighted by Crippen LogP contribution is -2.35. The van der Waals surface area contributed by atoms with E-state index in [1.54, 1.807) is 0 Å². The normalized spacial score (nSPS) is 26.7. The van der Waals surface area contributed by atoms with Crippen molar-refractivity contribution in [2.24, 2.45) is 11.8 Å². The molecule has 1 atom stereocenters. The Morgan fingerprint density at radius 1 is 0.949 bits per heavy atom. The maximum absolute atomic E-state index is 13.4. The summed E-state index contributed by atoms with van der Waals surface area (Å²) in [5.41, 5.74) is 5.91. The summed E-state index contributed by atoms with van der Waals surface area (Å²) < 4.78 is 15.3. The summed E-state index contributed by atoms with van der Waals surface area (Å²) in [4.78, 5) is 38.4. The molecule has 0 aromatic heterocycles. The van der Waals surface area contributed by atoms with Gasteiger partial charge in [0, 0.05) is 31.0 Å². The van der Waals surface area contributed by atoms with E-state index in [2.05, 4.69) is 24.5 Å². The number of hydrogen-bond acceptors (Lipinski definition) is 4. The van der Waals surface area contributed by atoms with Gasteiger partial charge in [0.05, 0.1) is 23.2 Å². The number of allylic oxidation sites excluding steroid dienone is 2.